The van der Waals surface area contributed by atoms with E-state index >= 15 is 0 Å². The van der Waals surface area contributed by atoms with Crippen molar-refractivity contribution in [3.05, 3.63) is 29.3 Å². The van der Waals surface area contributed by atoms with Crippen molar-refractivity contribution in [1.29, 1.82) is 0 Å². The SMILES string of the molecule is Cc1ccc(SCCC(C)(C)C(N)=NO)cc1C. The average molecular weight is 266 g/mol. The van der Waals surface area contributed by atoms with Gasteiger partial charge < -0.3 is 10.9 Å². The Hall–Kier alpha value is -1.16. The topological polar surface area (TPSA) is 58.6 Å². The fourth-order valence-corrected chi connectivity index (χ4v) is 2.76. The highest BCUT2D eigenvalue weighted by molar-refractivity contribution is 7.99. The molecule has 0 saturated heterocycles. The van der Waals surface area contributed by atoms with Crippen LogP contribution in [0.3, 0.4) is 0 Å². The summed E-state index contributed by atoms with van der Waals surface area (Å²) in [5.41, 5.74) is 8.03. The molecule has 1 aromatic carbocycles. The van der Waals surface area contributed by atoms with E-state index in [2.05, 4.69) is 37.2 Å². The van der Waals surface area contributed by atoms with E-state index < -0.39 is 0 Å². The number of hydrogen-bond donors (Lipinski definition) is 2. The summed E-state index contributed by atoms with van der Waals surface area (Å²) in [6, 6.07) is 6.49. The first kappa shape index (κ1) is 14.9. The standard InChI is InChI=1S/C14H22N2OS/c1-10-5-6-12(9-11(10)2)18-8-7-14(3,4)13(15)16-17/h5-6,9,17H,7-8H2,1-4H3,(H2,15,16). The number of rotatable bonds is 5. The first-order valence-corrected chi connectivity index (χ1v) is 7.03. The lowest BCUT2D eigenvalue weighted by atomic mass is 9.89. The van der Waals surface area contributed by atoms with Crippen molar-refractivity contribution in [2.75, 3.05) is 5.75 Å². The van der Waals surface area contributed by atoms with Gasteiger partial charge in [-0.1, -0.05) is 25.1 Å². The average Bonchev–Trinajstić information content (AvgIpc) is 2.32. The van der Waals surface area contributed by atoms with E-state index in [0.29, 0.717) is 5.84 Å². The molecule has 1 aromatic rings. The molecule has 18 heavy (non-hydrogen) atoms. The van der Waals surface area contributed by atoms with Crippen molar-refractivity contribution in [2.24, 2.45) is 16.3 Å². The number of benzene rings is 1. The summed E-state index contributed by atoms with van der Waals surface area (Å²) in [5, 5.41) is 11.8. The Morgan fingerprint density at radius 1 is 1.33 bits per heavy atom. The van der Waals surface area contributed by atoms with Crippen LogP contribution in [0.15, 0.2) is 28.3 Å². The lowest BCUT2D eigenvalue weighted by molar-refractivity contribution is 0.307. The van der Waals surface area contributed by atoms with Gasteiger partial charge in [0, 0.05) is 10.3 Å². The van der Waals surface area contributed by atoms with Crippen LogP contribution in [-0.2, 0) is 0 Å². The third-order valence-electron chi connectivity index (χ3n) is 3.28. The lowest BCUT2D eigenvalue weighted by Crippen LogP contribution is -2.32. The summed E-state index contributed by atoms with van der Waals surface area (Å²) in [5.74, 6) is 1.24. The van der Waals surface area contributed by atoms with Crippen LogP contribution in [0.5, 0.6) is 0 Å². The molecule has 3 nitrogen and oxygen atoms in total. The smallest absolute Gasteiger partial charge is 0.144 e. The Kier molecular flexibility index (Phi) is 5.08. The molecule has 0 fully saturated rings. The zero-order chi connectivity index (χ0) is 13.8. The van der Waals surface area contributed by atoms with Crippen LogP contribution < -0.4 is 5.73 Å². The maximum absolute atomic E-state index is 8.71. The van der Waals surface area contributed by atoms with Crippen LogP contribution in [0.2, 0.25) is 0 Å². The summed E-state index contributed by atoms with van der Waals surface area (Å²) in [6.07, 6.45) is 0.875. The normalized spacial score (nSPS) is 12.8. The van der Waals surface area contributed by atoms with Gasteiger partial charge >= 0.3 is 0 Å². The van der Waals surface area contributed by atoms with Gasteiger partial charge in [0.05, 0.1) is 0 Å². The van der Waals surface area contributed by atoms with Gasteiger partial charge in [-0.3, -0.25) is 0 Å². The van der Waals surface area contributed by atoms with Crippen LogP contribution in [0.1, 0.15) is 31.4 Å². The van der Waals surface area contributed by atoms with Crippen molar-refractivity contribution < 1.29 is 5.21 Å². The van der Waals surface area contributed by atoms with Crippen LogP contribution in [0.4, 0.5) is 0 Å². The maximum Gasteiger partial charge on any atom is 0.144 e. The number of nitrogens with zero attached hydrogens (tertiary/aromatic N) is 1. The van der Waals surface area contributed by atoms with E-state index in [-0.39, 0.29) is 5.41 Å². The zero-order valence-electron chi connectivity index (χ0n) is 11.5. The number of oxime groups is 1. The maximum atomic E-state index is 8.71. The summed E-state index contributed by atoms with van der Waals surface area (Å²) in [6.45, 7) is 8.22. The molecular weight excluding hydrogens is 244 g/mol. The second-order valence-corrected chi connectivity index (χ2v) is 6.38. The van der Waals surface area contributed by atoms with Gasteiger partial charge in [-0.15, -0.1) is 11.8 Å². The Morgan fingerprint density at radius 2 is 2.00 bits per heavy atom. The molecule has 100 valence electrons. The second kappa shape index (κ2) is 6.14. The van der Waals surface area contributed by atoms with E-state index in [1.807, 2.05) is 13.8 Å². The van der Waals surface area contributed by atoms with Crippen molar-refractivity contribution in [3.8, 4) is 0 Å². The first-order valence-electron chi connectivity index (χ1n) is 6.05. The van der Waals surface area contributed by atoms with Gasteiger partial charge in [0.15, 0.2) is 0 Å². The lowest BCUT2D eigenvalue weighted by Gasteiger charge is -2.22. The fraction of sp³-hybridized carbons (Fsp3) is 0.500. The minimum atomic E-state index is -0.262. The first-order chi connectivity index (χ1) is 8.36. The van der Waals surface area contributed by atoms with Crippen LogP contribution in [-0.4, -0.2) is 16.8 Å². The van der Waals surface area contributed by atoms with Crippen molar-refractivity contribution in [3.63, 3.8) is 0 Å². The number of hydrogen-bond acceptors (Lipinski definition) is 3. The van der Waals surface area contributed by atoms with Crippen molar-refractivity contribution in [1.82, 2.24) is 0 Å². The minimum Gasteiger partial charge on any atom is -0.409 e. The molecule has 0 spiro atoms. The Balaban J connectivity index is 2.54. The molecule has 4 heteroatoms. The summed E-state index contributed by atoms with van der Waals surface area (Å²) < 4.78 is 0. The molecule has 0 radical (unpaired) electrons. The van der Waals surface area contributed by atoms with Gasteiger partial charge in [-0.25, -0.2) is 0 Å². The van der Waals surface area contributed by atoms with E-state index in [1.54, 1.807) is 11.8 Å². The highest BCUT2D eigenvalue weighted by atomic mass is 32.2. The number of aryl methyl sites for hydroxylation is 2. The summed E-state index contributed by atoms with van der Waals surface area (Å²) in [7, 11) is 0. The molecule has 0 aliphatic carbocycles. The molecule has 0 saturated carbocycles. The summed E-state index contributed by atoms with van der Waals surface area (Å²) >= 11 is 1.81. The minimum absolute atomic E-state index is 0.262. The van der Waals surface area contributed by atoms with E-state index in [0.717, 1.165) is 12.2 Å². The monoisotopic (exact) mass is 266 g/mol. The number of amidine groups is 1. The molecule has 0 aliphatic rings. The quantitative estimate of drug-likeness (QED) is 0.282. The third kappa shape index (κ3) is 3.95. The highest BCUT2D eigenvalue weighted by Crippen LogP contribution is 2.27. The number of thioether (sulfide) groups is 1. The molecule has 0 aromatic heterocycles. The van der Waals surface area contributed by atoms with Gasteiger partial charge in [0.1, 0.15) is 5.84 Å². The fourth-order valence-electron chi connectivity index (χ4n) is 1.49. The molecule has 0 amide bonds. The van der Waals surface area contributed by atoms with E-state index in [1.165, 1.54) is 16.0 Å². The van der Waals surface area contributed by atoms with Gasteiger partial charge in [-0.2, -0.15) is 0 Å². The molecule has 0 unspecified atom stereocenters. The van der Waals surface area contributed by atoms with Gasteiger partial charge in [0.25, 0.3) is 0 Å². The highest BCUT2D eigenvalue weighted by Gasteiger charge is 2.23. The molecule has 1 rings (SSSR count). The molecule has 0 bridgehead atoms. The van der Waals surface area contributed by atoms with Gasteiger partial charge in [-0.05, 0) is 49.3 Å². The van der Waals surface area contributed by atoms with Crippen molar-refractivity contribution >= 4 is 17.6 Å². The molecular formula is C14H22N2OS. The largest absolute Gasteiger partial charge is 0.409 e. The molecule has 0 heterocycles. The molecule has 0 aliphatic heterocycles. The van der Waals surface area contributed by atoms with Crippen molar-refractivity contribution in [2.45, 2.75) is 39.0 Å². The van der Waals surface area contributed by atoms with Crippen LogP contribution in [0.25, 0.3) is 0 Å². The predicted molar refractivity (Wildman–Crippen MR) is 78.4 cm³/mol. The summed E-state index contributed by atoms with van der Waals surface area (Å²) in [4.78, 5) is 1.27. The van der Waals surface area contributed by atoms with Crippen LogP contribution in [0, 0.1) is 19.3 Å². The Morgan fingerprint density at radius 3 is 2.56 bits per heavy atom. The van der Waals surface area contributed by atoms with Gasteiger partial charge in [0.2, 0.25) is 0 Å². The van der Waals surface area contributed by atoms with E-state index in [9.17, 15) is 0 Å². The Labute approximate surface area is 113 Å². The zero-order valence-corrected chi connectivity index (χ0v) is 12.3. The second-order valence-electron chi connectivity index (χ2n) is 5.21. The third-order valence-corrected chi connectivity index (χ3v) is 4.27. The van der Waals surface area contributed by atoms with Crippen LogP contribution >= 0.6 is 11.8 Å². The predicted octanol–water partition coefficient (Wildman–Crippen LogP) is 3.56. The number of nitrogens with two attached hydrogens (primary N) is 1. The van der Waals surface area contributed by atoms with E-state index in [4.69, 9.17) is 10.9 Å². The molecule has 3 N–H and O–H groups in total. The molecule has 0 atom stereocenters. The Bertz CT molecular complexity index is 441.